The molecule has 0 saturated heterocycles. The van der Waals surface area contributed by atoms with Gasteiger partial charge in [0.25, 0.3) is 0 Å². The third-order valence-corrected chi connectivity index (χ3v) is 3.19. The number of nitrogens with one attached hydrogen (secondary N) is 3. The average Bonchev–Trinajstić information content (AvgIpc) is 2.31. The van der Waals surface area contributed by atoms with Gasteiger partial charge in [-0.2, -0.15) is 0 Å². The Morgan fingerprint density at radius 1 is 1.00 bits per heavy atom. The van der Waals surface area contributed by atoms with Crippen molar-refractivity contribution in [2.45, 2.75) is 46.8 Å². The van der Waals surface area contributed by atoms with Crippen molar-refractivity contribution in [1.82, 2.24) is 16.0 Å². The molecular weight excluding hydrogens is 242 g/mol. The first-order valence-corrected chi connectivity index (χ1v) is 8.01. The summed E-state index contributed by atoms with van der Waals surface area (Å²) in [7, 11) is 0.805. The number of rotatable bonds is 11. The van der Waals surface area contributed by atoms with Crippen LogP contribution in [0, 0.1) is 11.8 Å². The van der Waals surface area contributed by atoms with Gasteiger partial charge < -0.3 is 4.43 Å². The number of hydrogen-bond acceptors (Lipinski definition) is 4. The lowest BCUT2D eigenvalue weighted by Crippen LogP contribution is -2.68. The summed E-state index contributed by atoms with van der Waals surface area (Å²) < 4.78 is 5.38. The quantitative estimate of drug-likeness (QED) is 0.378. The second kappa shape index (κ2) is 9.92. The van der Waals surface area contributed by atoms with Crippen molar-refractivity contribution in [2.75, 3.05) is 26.2 Å². The molecule has 0 bridgehead atoms. The van der Waals surface area contributed by atoms with Gasteiger partial charge in [0.2, 0.25) is 0 Å². The zero-order valence-electron chi connectivity index (χ0n) is 13.1. The summed E-state index contributed by atoms with van der Waals surface area (Å²) in [5, 5.41) is 10.8. The fraction of sp³-hybridized carbons (Fsp3) is 1.00. The lowest BCUT2D eigenvalue weighted by Gasteiger charge is -2.38. The maximum Gasteiger partial charge on any atom is 0.145 e. The standard InChI is InChI=1S/C13H33N3OSi/c1-6-14-13(7-8-17-18,15-9-11(2)3)16-10-12(4)5/h11-12,14-16H,6-10H2,1-5,18H3. The Kier molecular flexibility index (Phi) is 9.95. The van der Waals surface area contributed by atoms with Crippen LogP contribution in [0.2, 0.25) is 0 Å². The van der Waals surface area contributed by atoms with Crippen LogP contribution < -0.4 is 16.0 Å². The topological polar surface area (TPSA) is 45.3 Å². The van der Waals surface area contributed by atoms with Gasteiger partial charge in [-0.25, -0.2) is 0 Å². The average molecular weight is 276 g/mol. The van der Waals surface area contributed by atoms with Crippen LogP contribution in [-0.2, 0) is 4.43 Å². The second-order valence-corrected chi connectivity index (χ2v) is 6.31. The van der Waals surface area contributed by atoms with Crippen molar-refractivity contribution in [2.24, 2.45) is 11.8 Å². The molecule has 0 aromatic rings. The molecule has 0 saturated carbocycles. The Hall–Kier alpha value is 0.0569. The molecule has 0 aliphatic heterocycles. The van der Waals surface area contributed by atoms with Crippen LogP contribution in [0.15, 0.2) is 0 Å². The van der Waals surface area contributed by atoms with Crippen LogP contribution in [0.5, 0.6) is 0 Å². The van der Waals surface area contributed by atoms with Crippen molar-refractivity contribution < 1.29 is 4.43 Å². The van der Waals surface area contributed by atoms with Gasteiger partial charge in [-0.1, -0.05) is 34.6 Å². The third-order valence-electron chi connectivity index (χ3n) is 2.78. The molecule has 0 aliphatic rings. The summed E-state index contributed by atoms with van der Waals surface area (Å²) in [5.41, 5.74) is 0. The van der Waals surface area contributed by atoms with E-state index in [1.165, 1.54) is 0 Å². The van der Waals surface area contributed by atoms with Gasteiger partial charge in [0.15, 0.2) is 0 Å². The van der Waals surface area contributed by atoms with E-state index in [2.05, 4.69) is 50.6 Å². The minimum atomic E-state index is -0.187. The molecule has 0 aromatic carbocycles. The van der Waals surface area contributed by atoms with E-state index in [9.17, 15) is 0 Å². The molecule has 0 amide bonds. The predicted molar refractivity (Wildman–Crippen MR) is 82.6 cm³/mol. The molecule has 5 heteroatoms. The van der Waals surface area contributed by atoms with Crippen molar-refractivity contribution in [3.63, 3.8) is 0 Å². The Balaban J connectivity index is 4.54. The summed E-state index contributed by atoms with van der Waals surface area (Å²) in [6.45, 7) is 14.8. The summed E-state index contributed by atoms with van der Waals surface area (Å²) in [5.74, 6) is 1.09. The van der Waals surface area contributed by atoms with Gasteiger partial charge >= 0.3 is 0 Å². The van der Waals surface area contributed by atoms with E-state index >= 15 is 0 Å². The molecule has 3 N–H and O–H groups in total. The molecular formula is C13H33N3OSi. The van der Waals surface area contributed by atoms with E-state index in [0.29, 0.717) is 11.8 Å². The molecule has 0 radical (unpaired) electrons. The summed E-state index contributed by atoms with van der Waals surface area (Å²) >= 11 is 0. The predicted octanol–water partition coefficient (Wildman–Crippen LogP) is 0.428. The normalized spacial score (nSPS) is 12.8. The first-order chi connectivity index (χ1) is 8.45. The van der Waals surface area contributed by atoms with Crippen LogP contribution in [0.1, 0.15) is 41.0 Å². The smallest absolute Gasteiger partial charge is 0.145 e. The highest BCUT2D eigenvalue weighted by Gasteiger charge is 2.27. The van der Waals surface area contributed by atoms with Gasteiger partial charge in [-0.3, -0.25) is 16.0 Å². The molecule has 0 rings (SSSR count). The molecule has 0 spiro atoms. The zero-order valence-corrected chi connectivity index (χ0v) is 15.1. The third kappa shape index (κ3) is 8.21. The second-order valence-electron chi connectivity index (χ2n) is 5.73. The number of hydrogen-bond donors (Lipinski definition) is 3. The minimum Gasteiger partial charge on any atom is -0.428 e. The summed E-state index contributed by atoms with van der Waals surface area (Å²) in [4.78, 5) is 0. The highest BCUT2D eigenvalue weighted by molar-refractivity contribution is 5.97. The van der Waals surface area contributed by atoms with Gasteiger partial charge in [-0.15, -0.1) is 0 Å². The van der Waals surface area contributed by atoms with Gasteiger partial charge in [0.05, 0.1) is 0 Å². The SMILES string of the molecule is CCNC(CCO[SiH3])(NCC(C)C)NCC(C)C. The van der Waals surface area contributed by atoms with Crippen molar-refractivity contribution in [1.29, 1.82) is 0 Å². The monoisotopic (exact) mass is 275 g/mol. The Bertz CT molecular complexity index is 189. The van der Waals surface area contributed by atoms with Crippen LogP contribution in [0.3, 0.4) is 0 Å². The maximum atomic E-state index is 5.38. The largest absolute Gasteiger partial charge is 0.428 e. The van der Waals surface area contributed by atoms with Crippen LogP contribution in [-0.4, -0.2) is 42.5 Å². The van der Waals surface area contributed by atoms with Gasteiger partial charge in [0, 0.05) is 26.1 Å². The molecule has 110 valence electrons. The molecule has 0 aromatic heterocycles. The summed E-state index contributed by atoms with van der Waals surface area (Å²) in [6, 6.07) is 0. The molecule has 4 nitrogen and oxygen atoms in total. The molecule has 0 fully saturated rings. The molecule has 18 heavy (non-hydrogen) atoms. The van der Waals surface area contributed by atoms with E-state index in [0.717, 1.165) is 43.1 Å². The van der Waals surface area contributed by atoms with E-state index in [4.69, 9.17) is 4.43 Å². The Morgan fingerprint density at radius 2 is 1.50 bits per heavy atom. The summed E-state index contributed by atoms with van der Waals surface area (Å²) in [6.07, 6.45) is 0.948. The van der Waals surface area contributed by atoms with Crippen LogP contribution in [0.4, 0.5) is 0 Å². The molecule has 0 heterocycles. The Morgan fingerprint density at radius 3 is 1.83 bits per heavy atom. The Labute approximate surface area is 116 Å². The highest BCUT2D eigenvalue weighted by atomic mass is 28.2. The molecule has 0 atom stereocenters. The van der Waals surface area contributed by atoms with E-state index < -0.39 is 0 Å². The van der Waals surface area contributed by atoms with E-state index in [-0.39, 0.29) is 5.79 Å². The van der Waals surface area contributed by atoms with Gasteiger partial charge in [0.1, 0.15) is 16.3 Å². The zero-order chi connectivity index (χ0) is 14.0. The fourth-order valence-electron chi connectivity index (χ4n) is 1.77. The van der Waals surface area contributed by atoms with Crippen molar-refractivity contribution in [3.8, 4) is 0 Å². The van der Waals surface area contributed by atoms with E-state index in [1.54, 1.807) is 0 Å². The van der Waals surface area contributed by atoms with Gasteiger partial charge in [-0.05, 0) is 18.4 Å². The first-order valence-electron chi connectivity index (χ1n) is 7.19. The lowest BCUT2D eigenvalue weighted by molar-refractivity contribution is 0.144. The first kappa shape index (κ1) is 18.1. The highest BCUT2D eigenvalue weighted by Crippen LogP contribution is 2.06. The van der Waals surface area contributed by atoms with Crippen molar-refractivity contribution in [3.05, 3.63) is 0 Å². The molecule has 0 unspecified atom stereocenters. The maximum absolute atomic E-state index is 5.38. The fourth-order valence-corrected chi connectivity index (χ4v) is 1.97. The van der Waals surface area contributed by atoms with Crippen LogP contribution in [0.25, 0.3) is 0 Å². The minimum absolute atomic E-state index is 0.187. The van der Waals surface area contributed by atoms with Crippen LogP contribution >= 0.6 is 0 Å². The van der Waals surface area contributed by atoms with E-state index in [1.807, 2.05) is 0 Å². The lowest BCUT2D eigenvalue weighted by atomic mass is 10.1. The molecule has 0 aliphatic carbocycles. The van der Waals surface area contributed by atoms with Crippen molar-refractivity contribution >= 4 is 10.5 Å².